The van der Waals surface area contributed by atoms with Crippen LogP contribution in [0.3, 0.4) is 0 Å². The predicted molar refractivity (Wildman–Crippen MR) is 128 cm³/mol. The lowest BCUT2D eigenvalue weighted by Gasteiger charge is -2.18. The van der Waals surface area contributed by atoms with Crippen molar-refractivity contribution in [3.05, 3.63) is 93.0 Å². The molecule has 4 N–H and O–H groups in total. The number of hydrogen-bond acceptors (Lipinski definition) is 5. The molecule has 168 valence electrons. The smallest absolute Gasteiger partial charge is 0.293 e. The van der Waals surface area contributed by atoms with E-state index in [2.05, 4.69) is 15.6 Å². The summed E-state index contributed by atoms with van der Waals surface area (Å²) in [5.74, 6) is -0.417. The molecule has 1 amide bonds. The molecule has 2 aromatic carbocycles. The van der Waals surface area contributed by atoms with Gasteiger partial charge in [-0.05, 0) is 43.1 Å². The number of rotatable bonds is 11. The Morgan fingerprint density at radius 3 is 2.59 bits per heavy atom. The van der Waals surface area contributed by atoms with Crippen LogP contribution in [-0.2, 0) is 24.2 Å². The van der Waals surface area contributed by atoms with Crippen LogP contribution in [0.4, 0.5) is 5.82 Å². The second-order valence-corrected chi connectivity index (χ2v) is 8.06. The van der Waals surface area contributed by atoms with E-state index in [1.165, 1.54) is 0 Å². The Labute approximate surface area is 192 Å². The molecule has 3 aromatic rings. The van der Waals surface area contributed by atoms with Crippen LogP contribution >= 0.6 is 11.6 Å². The van der Waals surface area contributed by atoms with Gasteiger partial charge < -0.3 is 20.9 Å². The highest BCUT2D eigenvalue weighted by atomic mass is 35.5. The van der Waals surface area contributed by atoms with Crippen molar-refractivity contribution >= 4 is 23.3 Å². The van der Waals surface area contributed by atoms with E-state index in [1.807, 2.05) is 61.5 Å². The topological polar surface area (TPSA) is 102 Å². The third kappa shape index (κ3) is 6.67. The third-order valence-electron chi connectivity index (χ3n) is 5.18. The summed E-state index contributed by atoms with van der Waals surface area (Å²) in [5.41, 5.74) is 8.14. The standard InChI is InChI=1S/C24H28ClN5O2/c1-17-16-28-23(29-21(22(26)31)15-18-6-3-2-4-7-18)24(32)30(17)13-12-27-11-10-19-8-5-9-20(25)14-19/h2-9,14,16,21,27H,10-13,15H2,1H3,(H2,26,31)(H,28,29)/t21-/m0/s1. The number of amides is 1. The summed E-state index contributed by atoms with van der Waals surface area (Å²) in [5, 5.41) is 7.01. The van der Waals surface area contributed by atoms with Crippen molar-refractivity contribution in [1.82, 2.24) is 14.9 Å². The van der Waals surface area contributed by atoms with Crippen LogP contribution in [0.2, 0.25) is 5.02 Å². The second kappa shape index (κ2) is 11.5. The molecule has 0 radical (unpaired) electrons. The number of aromatic nitrogens is 2. The van der Waals surface area contributed by atoms with E-state index in [-0.39, 0.29) is 11.4 Å². The molecular formula is C24H28ClN5O2. The first kappa shape index (κ1) is 23.5. The van der Waals surface area contributed by atoms with Gasteiger partial charge in [-0.15, -0.1) is 0 Å². The van der Waals surface area contributed by atoms with Crippen LogP contribution in [0, 0.1) is 6.92 Å². The summed E-state index contributed by atoms with van der Waals surface area (Å²) in [6, 6.07) is 16.5. The number of nitrogens with zero attached hydrogens (tertiary/aromatic N) is 2. The number of nitrogens with one attached hydrogen (secondary N) is 2. The summed E-state index contributed by atoms with van der Waals surface area (Å²) >= 11 is 6.02. The van der Waals surface area contributed by atoms with Crippen molar-refractivity contribution in [2.24, 2.45) is 5.73 Å². The molecule has 3 rings (SSSR count). The molecule has 32 heavy (non-hydrogen) atoms. The Morgan fingerprint density at radius 2 is 1.88 bits per heavy atom. The highest BCUT2D eigenvalue weighted by molar-refractivity contribution is 6.30. The van der Waals surface area contributed by atoms with Gasteiger partial charge in [-0.3, -0.25) is 9.59 Å². The monoisotopic (exact) mass is 453 g/mol. The predicted octanol–water partition coefficient (Wildman–Crippen LogP) is 2.55. The van der Waals surface area contributed by atoms with Crippen LogP contribution in [0.15, 0.2) is 65.6 Å². The normalized spacial score (nSPS) is 11.8. The fourth-order valence-electron chi connectivity index (χ4n) is 3.43. The highest BCUT2D eigenvalue weighted by Crippen LogP contribution is 2.11. The van der Waals surface area contributed by atoms with E-state index in [9.17, 15) is 9.59 Å². The lowest BCUT2D eigenvalue weighted by atomic mass is 10.1. The fraction of sp³-hybridized carbons (Fsp3) is 0.292. The number of carbonyl (C=O) groups is 1. The van der Waals surface area contributed by atoms with Gasteiger partial charge in [0, 0.05) is 36.4 Å². The summed E-state index contributed by atoms with van der Waals surface area (Å²) in [6.45, 7) is 3.70. The zero-order valence-electron chi connectivity index (χ0n) is 18.1. The maximum atomic E-state index is 13.0. The average molecular weight is 454 g/mol. The Hall–Kier alpha value is -3.16. The number of anilines is 1. The van der Waals surface area contributed by atoms with E-state index in [1.54, 1.807) is 10.8 Å². The first-order valence-corrected chi connectivity index (χ1v) is 10.9. The Balaban J connectivity index is 1.60. The minimum absolute atomic E-state index is 0.120. The van der Waals surface area contributed by atoms with E-state index >= 15 is 0 Å². The Bertz CT molecular complexity index is 1100. The molecule has 0 spiro atoms. The summed E-state index contributed by atoms with van der Waals surface area (Å²) in [6.07, 6.45) is 2.84. The Morgan fingerprint density at radius 1 is 1.12 bits per heavy atom. The molecule has 0 saturated carbocycles. The first-order chi connectivity index (χ1) is 15.4. The van der Waals surface area contributed by atoms with Gasteiger partial charge in [0.05, 0.1) is 0 Å². The molecule has 0 aliphatic rings. The van der Waals surface area contributed by atoms with Crippen LogP contribution in [-0.4, -0.2) is 34.6 Å². The minimum Gasteiger partial charge on any atom is -0.368 e. The van der Waals surface area contributed by atoms with Crippen molar-refractivity contribution in [2.75, 3.05) is 18.4 Å². The number of carbonyl (C=O) groups excluding carboxylic acids is 1. The molecule has 1 heterocycles. The SMILES string of the molecule is Cc1cnc(N[C@@H](Cc2ccccc2)C(N)=O)c(=O)n1CCNCCc1cccc(Cl)c1. The summed E-state index contributed by atoms with van der Waals surface area (Å²) in [4.78, 5) is 29.1. The quantitative estimate of drug-likeness (QED) is 0.387. The minimum atomic E-state index is -0.732. The molecule has 0 saturated heterocycles. The maximum absolute atomic E-state index is 13.0. The molecule has 1 atom stereocenters. The van der Waals surface area contributed by atoms with Crippen molar-refractivity contribution in [3.63, 3.8) is 0 Å². The largest absolute Gasteiger partial charge is 0.368 e. The molecule has 8 heteroatoms. The second-order valence-electron chi connectivity index (χ2n) is 7.62. The highest BCUT2D eigenvalue weighted by Gasteiger charge is 2.19. The molecule has 0 aliphatic carbocycles. The number of benzene rings is 2. The molecule has 0 unspecified atom stereocenters. The van der Waals surface area contributed by atoms with Gasteiger partial charge in [-0.2, -0.15) is 0 Å². The first-order valence-electron chi connectivity index (χ1n) is 10.6. The van der Waals surface area contributed by atoms with E-state index in [0.29, 0.717) is 19.5 Å². The van der Waals surface area contributed by atoms with Crippen molar-refractivity contribution < 1.29 is 4.79 Å². The lowest BCUT2D eigenvalue weighted by Crippen LogP contribution is -2.40. The van der Waals surface area contributed by atoms with Crippen molar-refractivity contribution in [1.29, 1.82) is 0 Å². The van der Waals surface area contributed by atoms with Gasteiger partial charge in [-0.25, -0.2) is 4.98 Å². The van der Waals surface area contributed by atoms with Gasteiger partial charge in [0.1, 0.15) is 6.04 Å². The van der Waals surface area contributed by atoms with Gasteiger partial charge in [0.25, 0.3) is 5.56 Å². The van der Waals surface area contributed by atoms with Gasteiger partial charge >= 0.3 is 0 Å². The van der Waals surface area contributed by atoms with Gasteiger partial charge in [0.15, 0.2) is 5.82 Å². The van der Waals surface area contributed by atoms with Crippen molar-refractivity contribution in [3.8, 4) is 0 Å². The summed E-state index contributed by atoms with van der Waals surface area (Å²) in [7, 11) is 0. The average Bonchev–Trinajstić information content (AvgIpc) is 2.77. The number of hydrogen-bond donors (Lipinski definition) is 3. The molecule has 1 aromatic heterocycles. The summed E-state index contributed by atoms with van der Waals surface area (Å²) < 4.78 is 1.64. The fourth-order valence-corrected chi connectivity index (χ4v) is 3.64. The lowest BCUT2D eigenvalue weighted by molar-refractivity contribution is -0.118. The number of aryl methyl sites for hydroxylation is 1. The molecular weight excluding hydrogens is 426 g/mol. The molecule has 0 bridgehead atoms. The van der Waals surface area contributed by atoms with Crippen LogP contribution < -0.4 is 21.9 Å². The molecule has 0 fully saturated rings. The zero-order chi connectivity index (χ0) is 22.9. The number of primary amides is 1. The maximum Gasteiger partial charge on any atom is 0.293 e. The molecule has 0 aliphatic heterocycles. The third-order valence-corrected chi connectivity index (χ3v) is 5.42. The van der Waals surface area contributed by atoms with Crippen LogP contribution in [0.5, 0.6) is 0 Å². The van der Waals surface area contributed by atoms with E-state index in [0.717, 1.165) is 34.8 Å². The van der Waals surface area contributed by atoms with Gasteiger partial charge in [-0.1, -0.05) is 54.1 Å². The van der Waals surface area contributed by atoms with Crippen LogP contribution in [0.1, 0.15) is 16.8 Å². The van der Waals surface area contributed by atoms with E-state index in [4.69, 9.17) is 17.3 Å². The van der Waals surface area contributed by atoms with Gasteiger partial charge in [0.2, 0.25) is 5.91 Å². The molecule has 7 nitrogen and oxygen atoms in total. The zero-order valence-corrected chi connectivity index (χ0v) is 18.8. The number of nitrogens with two attached hydrogens (primary N) is 1. The Kier molecular flexibility index (Phi) is 8.41. The van der Waals surface area contributed by atoms with Crippen LogP contribution in [0.25, 0.3) is 0 Å². The number of halogens is 1. The van der Waals surface area contributed by atoms with E-state index < -0.39 is 11.9 Å². The van der Waals surface area contributed by atoms with Crippen molar-refractivity contribution in [2.45, 2.75) is 32.4 Å².